The second-order valence-electron chi connectivity index (χ2n) is 12.0. The average Bonchev–Trinajstić information content (AvgIpc) is 3.59. The molecule has 43 heavy (non-hydrogen) atoms. The highest BCUT2D eigenvalue weighted by Gasteiger charge is 2.56. The number of hydrogen-bond acceptors (Lipinski definition) is 5. The first-order valence-corrected chi connectivity index (χ1v) is 15.0. The molecule has 1 saturated carbocycles. The quantitative estimate of drug-likeness (QED) is 0.413. The number of benzene rings is 2. The molecular weight excluding hydrogens is 606 g/mol. The molecule has 3 fully saturated rings. The molecule has 7 nitrogen and oxygen atoms in total. The van der Waals surface area contributed by atoms with Gasteiger partial charge >= 0.3 is 6.18 Å². The Morgan fingerprint density at radius 2 is 1.72 bits per heavy atom. The lowest BCUT2D eigenvalue weighted by Gasteiger charge is -2.45. The Balaban J connectivity index is 1.51. The van der Waals surface area contributed by atoms with E-state index in [0.717, 1.165) is 32.1 Å². The van der Waals surface area contributed by atoms with Crippen molar-refractivity contribution in [1.82, 2.24) is 15.1 Å². The Bertz CT molecular complexity index is 1440. The number of ether oxygens (including phenoxy) is 1. The number of hydrogen-bond donors (Lipinski definition) is 1. The van der Waals surface area contributed by atoms with Crippen LogP contribution in [0.4, 0.5) is 13.2 Å². The summed E-state index contributed by atoms with van der Waals surface area (Å²) in [7, 11) is 2.59. The largest absolute Gasteiger partial charge is 0.496 e. The molecule has 3 aliphatic rings. The Labute approximate surface area is 258 Å². The van der Waals surface area contributed by atoms with Gasteiger partial charge in [0.1, 0.15) is 11.3 Å². The summed E-state index contributed by atoms with van der Waals surface area (Å²) < 4.78 is 46.4. The SMILES string of the molecule is COc1ccc(C(=O)N(C)[C@]2(C(=O)C3CCN(C(=O)C4(C)CC4)CC3)CNC[C@H]2c2ccc(Cl)c(Cl)c2)cc1C(F)(F)F. The monoisotopic (exact) mass is 639 g/mol. The molecule has 0 radical (unpaired) electrons. The Kier molecular flexibility index (Phi) is 8.52. The van der Waals surface area contributed by atoms with Gasteiger partial charge < -0.3 is 19.9 Å². The number of carbonyl (C=O) groups excluding carboxylic acids is 3. The van der Waals surface area contributed by atoms with E-state index in [1.807, 2.05) is 11.8 Å². The van der Waals surface area contributed by atoms with Gasteiger partial charge in [0.15, 0.2) is 5.78 Å². The van der Waals surface area contributed by atoms with Crippen LogP contribution in [0.3, 0.4) is 0 Å². The van der Waals surface area contributed by atoms with E-state index in [1.165, 1.54) is 18.0 Å². The molecule has 5 rings (SSSR count). The van der Waals surface area contributed by atoms with Gasteiger partial charge in [-0.15, -0.1) is 0 Å². The second kappa shape index (κ2) is 11.6. The minimum Gasteiger partial charge on any atom is -0.496 e. The summed E-state index contributed by atoms with van der Waals surface area (Å²) in [5.74, 6) is -2.25. The lowest BCUT2D eigenvalue weighted by atomic mass is 9.71. The third kappa shape index (κ3) is 5.73. The fraction of sp³-hybridized carbons (Fsp3) is 0.516. The molecule has 1 N–H and O–H groups in total. The van der Waals surface area contributed by atoms with Crippen molar-refractivity contribution in [2.45, 2.75) is 50.2 Å². The third-order valence-corrected chi connectivity index (χ3v) is 10.2. The number of piperidine rings is 1. The van der Waals surface area contributed by atoms with Crippen molar-refractivity contribution < 1.29 is 32.3 Å². The first kappa shape index (κ1) is 31.6. The molecular formula is C31H34Cl2F3N3O4. The number of likely N-dealkylation sites (tertiary alicyclic amines) is 1. The molecule has 0 unspecified atom stereocenters. The van der Waals surface area contributed by atoms with Crippen LogP contribution in [0.2, 0.25) is 10.0 Å². The molecule has 0 aromatic heterocycles. The van der Waals surface area contributed by atoms with Crippen molar-refractivity contribution in [3.05, 3.63) is 63.1 Å². The van der Waals surface area contributed by atoms with E-state index in [-0.39, 0.29) is 34.2 Å². The molecule has 2 aromatic rings. The van der Waals surface area contributed by atoms with E-state index < -0.39 is 40.8 Å². The van der Waals surface area contributed by atoms with E-state index in [0.29, 0.717) is 43.1 Å². The number of nitrogens with one attached hydrogen (secondary N) is 1. The predicted molar refractivity (Wildman–Crippen MR) is 157 cm³/mol. The van der Waals surface area contributed by atoms with Crippen LogP contribution < -0.4 is 10.1 Å². The van der Waals surface area contributed by atoms with Gasteiger partial charge in [-0.2, -0.15) is 13.2 Å². The maximum Gasteiger partial charge on any atom is 0.419 e. The molecule has 2 atom stereocenters. The summed E-state index contributed by atoms with van der Waals surface area (Å²) in [6.45, 7) is 3.23. The summed E-state index contributed by atoms with van der Waals surface area (Å²) in [6.07, 6.45) is -2.18. The molecule has 2 aromatic carbocycles. The standard InChI is InChI=1S/C31H34Cl2F3N3O4/c1-29(10-11-29)28(42)39-12-8-18(9-13-39)26(40)30(17-37-16-22(30)19-4-6-23(32)24(33)15-19)38(2)27(41)20-5-7-25(43-3)21(14-20)31(34,35)36/h4-7,14-15,18,22,37H,8-13,16-17H2,1-3H3/t22-,30+/m0/s1. The van der Waals surface area contributed by atoms with Gasteiger partial charge in [-0.05, 0) is 61.6 Å². The molecule has 232 valence electrons. The topological polar surface area (TPSA) is 79.0 Å². The van der Waals surface area contributed by atoms with E-state index >= 15 is 0 Å². The highest BCUT2D eigenvalue weighted by atomic mass is 35.5. The van der Waals surface area contributed by atoms with Crippen LogP contribution in [-0.2, 0) is 15.8 Å². The van der Waals surface area contributed by atoms with Gasteiger partial charge in [-0.1, -0.05) is 36.2 Å². The average molecular weight is 641 g/mol. The molecule has 0 bridgehead atoms. The molecule has 0 spiro atoms. The van der Waals surface area contributed by atoms with Gasteiger partial charge in [-0.25, -0.2) is 0 Å². The van der Waals surface area contributed by atoms with Gasteiger partial charge in [0, 0.05) is 56.0 Å². The normalized spacial score (nSPS) is 23.6. The number of alkyl halides is 3. The number of halogens is 5. The first-order chi connectivity index (χ1) is 20.2. The number of amides is 2. The Morgan fingerprint density at radius 1 is 1.05 bits per heavy atom. The van der Waals surface area contributed by atoms with Crippen LogP contribution in [0.25, 0.3) is 0 Å². The van der Waals surface area contributed by atoms with Crippen molar-refractivity contribution in [2.24, 2.45) is 11.3 Å². The minimum atomic E-state index is -4.76. The second-order valence-corrected chi connectivity index (χ2v) is 12.9. The summed E-state index contributed by atoms with van der Waals surface area (Å²) in [5.41, 5.74) is -2.38. The van der Waals surface area contributed by atoms with Crippen LogP contribution in [0.5, 0.6) is 5.75 Å². The number of ketones is 1. The molecule has 2 heterocycles. The van der Waals surface area contributed by atoms with Crippen LogP contribution in [0, 0.1) is 11.3 Å². The maximum absolute atomic E-state index is 14.7. The van der Waals surface area contributed by atoms with Gasteiger partial charge in [0.2, 0.25) is 5.91 Å². The van der Waals surface area contributed by atoms with Gasteiger partial charge in [-0.3, -0.25) is 14.4 Å². The van der Waals surface area contributed by atoms with Gasteiger partial charge in [0.25, 0.3) is 5.91 Å². The molecule has 2 amide bonds. The number of likely N-dealkylation sites (N-methyl/N-ethyl adjacent to an activating group) is 1. The summed E-state index contributed by atoms with van der Waals surface area (Å²) >= 11 is 12.5. The van der Waals surface area contributed by atoms with Crippen molar-refractivity contribution in [2.75, 3.05) is 40.3 Å². The summed E-state index contributed by atoms with van der Waals surface area (Å²) in [5, 5.41) is 3.87. The third-order valence-electron chi connectivity index (χ3n) is 9.42. The van der Waals surface area contributed by atoms with Crippen LogP contribution >= 0.6 is 23.2 Å². The lowest BCUT2D eigenvalue weighted by Crippen LogP contribution is -2.62. The van der Waals surface area contributed by atoms with E-state index in [1.54, 1.807) is 18.2 Å². The van der Waals surface area contributed by atoms with Crippen LogP contribution in [0.15, 0.2) is 36.4 Å². The van der Waals surface area contributed by atoms with Gasteiger partial charge in [0.05, 0.1) is 22.7 Å². The number of methoxy groups -OCH3 is 1. The Morgan fingerprint density at radius 3 is 2.30 bits per heavy atom. The molecule has 12 heteroatoms. The number of Topliss-reactive ketones (excluding diaryl/α,β-unsaturated/α-hetero) is 1. The molecule has 2 saturated heterocycles. The highest BCUT2D eigenvalue weighted by Crippen LogP contribution is 2.48. The van der Waals surface area contributed by atoms with E-state index in [2.05, 4.69) is 5.32 Å². The number of rotatable bonds is 7. The first-order valence-electron chi connectivity index (χ1n) is 14.3. The maximum atomic E-state index is 14.7. The van der Waals surface area contributed by atoms with E-state index in [4.69, 9.17) is 27.9 Å². The zero-order valence-corrected chi connectivity index (χ0v) is 25.7. The minimum absolute atomic E-state index is 0.0957. The smallest absolute Gasteiger partial charge is 0.419 e. The van der Waals surface area contributed by atoms with Crippen LogP contribution in [0.1, 0.15) is 60.0 Å². The summed E-state index contributed by atoms with van der Waals surface area (Å²) in [4.78, 5) is 44.7. The highest BCUT2D eigenvalue weighted by molar-refractivity contribution is 6.42. The number of carbonyl (C=O) groups is 3. The fourth-order valence-corrected chi connectivity index (χ4v) is 6.82. The molecule has 1 aliphatic carbocycles. The van der Waals surface area contributed by atoms with Crippen molar-refractivity contribution in [1.29, 1.82) is 0 Å². The fourth-order valence-electron chi connectivity index (χ4n) is 6.52. The summed E-state index contributed by atoms with van der Waals surface area (Å²) in [6, 6.07) is 8.16. The van der Waals surface area contributed by atoms with Crippen LogP contribution in [-0.4, -0.2) is 73.3 Å². The zero-order chi connectivity index (χ0) is 31.3. The number of nitrogens with zero attached hydrogens (tertiary/aromatic N) is 2. The van der Waals surface area contributed by atoms with E-state index in [9.17, 15) is 27.6 Å². The Hall–Kier alpha value is -2.82. The van der Waals surface area contributed by atoms with Crippen molar-refractivity contribution in [3.8, 4) is 5.75 Å². The lowest BCUT2D eigenvalue weighted by molar-refractivity contribution is -0.142. The predicted octanol–water partition coefficient (Wildman–Crippen LogP) is 5.83. The van der Waals surface area contributed by atoms with Crippen molar-refractivity contribution in [3.63, 3.8) is 0 Å². The zero-order valence-electron chi connectivity index (χ0n) is 24.2. The molecule has 2 aliphatic heterocycles. The van der Waals surface area contributed by atoms with Crippen molar-refractivity contribution >= 4 is 40.8 Å².